The van der Waals surface area contributed by atoms with Crippen LogP contribution in [0.4, 0.5) is 5.13 Å². The first-order chi connectivity index (χ1) is 7.18. The molecular weight excluding hydrogens is 234 g/mol. The number of rotatable bonds is 3. The van der Waals surface area contributed by atoms with E-state index >= 15 is 0 Å². The summed E-state index contributed by atoms with van der Waals surface area (Å²) in [5.41, 5.74) is 1.46. The molecule has 1 heterocycles. The minimum atomic E-state index is -3.53. The Morgan fingerprint density at radius 3 is 2.53 bits per heavy atom. The highest BCUT2D eigenvalue weighted by atomic mass is 32.2. The Morgan fingerprint density at radius 2 is 1.93 bits per heavy atom. The molecule has 1 N–H and O–H groups in total. The van der Waals surface area contributed by atoms with Crippen molar-refractivity contribution in [2.75, 3.05) is 4.72 Å². The highest BCUT2D eigenvalue weighted by molar-refractivity contribution is 7.93. The molecule has 0 radical (unpaired) electrons. The predicted octanol–water partition coefficient (Wildman–Crippen LogP) is 1.34. The van der Waals surface area contributed by atoms with Crippen LogP contribution in [0, 0.1) is 0 Å². The molecule has 0 unspecified atom stereocenters. The Bertz CT molecular complexity index is 522. The number of aromatic nitrogens is 2. The normalized spacial score (nSPS) is 11.2. The molecule has 0 amide bonds. The lowest BCUT2D eigenvalue weighted by atomic mass is 10.4. The number of nitrogens with zero attached hydrogens (tertiary/aromatic N) is 2. The Balaban J connectivity index is 2.29. The van der Waals surface area contributed by atoms with Gasteiger partial charge in [-0.25, -0.2) is 8.42 Å². The Morgan fingerprint density at radius 1 is 1.20 bits per heavy atom. The second kappa shape index (κ2) is 3.95. The molecule has 0 saturated carbocycles. The standard InChI is InChI=1S/C8H7N3O2S2/c12-15(13,7-4-2-1-3-5-7)11-8-10-9-6-14-8/h1-6H,(H,10,11). The maximum absolute atomic E-state index is 11.7. The van der Waals surface area contributed by atoms with Gasteiger partial charge in [-0.3, -0.25) is 4.72 Å². The average molecular weight is 241 g/mol. The van der Waals surface area contributed by atoms with Gasteiger partial charge in [0.15, 0.2) is 0 Å². The lowest BCUT2D eigenvalue weighted by Crippen LogP contribution is -2.12. The molecule has 1 aromatic heterocycles. The van der Waals surface area contributed by atoms with E-state index < -0.39 is 10.0 Å². The van der Waals surface area contributed by atoms with Crippen LogP contribution in [0.3, 0.4) is 0 Å². The SMILES string of the molecule is O=S(=O)(Nc1nncs1)c1ccccc1. The maximum atomic E-state index is 11.7. The zero-order valence-corrected chi connectivity index (χ0v) is 9.12. The van der Waals surface area contributed by atoms with Gasteiger partial charge in [0.25, 0.3) is 10.0 Å². The molecule has 2 aromatic rings. The molecule has 0 fully saturated rings. The van der Waals surface area contributed by atoms with Crippen molar-refractivity contribution in [2.45, 2.75) is 4.90 Å². The lowest BCUT2D eigenvalue weighted by molar-refractivity contribution is 0.601. The summed E-state index contributed by atoms with van der Waals surface area (Å²) in [6.07, 6.45) is 0. The number of sulfonamides is 1. The third-order valence-electron chi connectivity index (χ3n) is 1.64. The quantitative estimate of drug-likeness (QED) is 0.880. The van der Waals surface area contributed by atoms with Crippen molar-refractivity contribution in [3.63, 3.8) is 0 Å². The van der Waals surface area contributed by atoms with E-state index in [-0.39, 0.29) is 10.0 Å². The summed E-state index contributed by atoms with van der Waals surface area (Å²) in [6, 6.07) is 8.11. The van der Waals surface area contributed by atoms with Gasteiger partial charge in [0.05, 0.1) is 4.90 Å². The second-order valence-electron chi connectivity index (χ2n) is 2.66. The first-order valence-electron chi connectivity index (χ1n) is 4.02. The molecule has 7 heteroatoms. The van der Waals surface area contributed by atoms with Crippen molar-refractivity contribution >= 4 is 26.5 Å². The topological polar surface area (TPSA) is 72.0 Å². The van der Waals surface area contributed by atoms with Crippen LogP contribution in [0.1, 0.15) is 0 Å². The van der Waals surface area contributed by atoms with Crippen LogP contribution in [0.25, 0.3) is 0 Å². The third-order valence-corrected chi connectivity index (χ3v) is 3.73. The van der Waals surface area contributed by atoms with Gasteiger partial charge in [0.1, 0.15) is 5.51 Å². The van der Waals surface area contributed by atoms with Crippen LogP contribution in [0.15, 0.2) is 40.7 Å². The van der Waals surface area contributed by atoms with E-state index in [4.69, 9.17) is 0 Å². The van der Waals surface area contributed by atoms with Crippen molar-refractivity contribution in [3.05, 3.63) is 35.8 Å². The fourth-order valence-electron chi connectivity index (χ4n) is 0.991. The molecule has 78 valence electrons. The summed E-state index contributed by atoms with van der Waals surface area (Å²) >= 11 is 1.13. The largest absolute Gasteiger partial charge is 0.263 e. The maximum Gasteiger partial charge on any atom is 0.263 e. The summed E-state index contributed by atoms with van der Waals surface area (Å²) in [6.45, 7) is 0. The number of hydrogen-bond donors (Lipinski definition) is 1. The van der Waals surface area contributed by atoms with E-state index in [0.29, 0.717) is 0 Å². The first-order valence-corrected chi connectivity index (χ1v) is 6.39. The summed E-state index contributed by atoms with van der Waals surface area (Å²) in [4.78, 5) is 0.209. The number of nitrogens with one attached hydrogen (secondary N) is 1. The van der Waals surface area contributed by atoms with Gasteiger partial charge >= 0.3 is 0 Å². The van der Waals surface area contributed by atoms with Gasteiger partial charge in [-0.1, -0.05) is 29.5 Å². The minimum absolute atomic E-state index is 0.209. The van der Waals surface area contributed by atoms with Crippen molar-refractivity contribution in [1.82, 2.24) is 10.2 Å². The molecule has 0 bridgehead atoms. The van der Waals surface area contributed by atoms with E-state index in [2.05, 4.69) is 14.9 Å². The first kappa shape index (κ1) is 10.1. The zero-order chi connectivity index (χ0) is 10.7. The van der Waals surface area contributed by atoms with E-state index in [0.717, 1.165) is 11.3 Å². The predicted molar refractivity (Wildman–Crippen MR) is 57.2 cm³/mol. The molecule has 5 nitrogen and oxygen atoms in total. The van der Waals surface area contributed by atoms with E-state index in [1.165, 1.54) is 17.6 Å². The Labute approximate surface area is 90.8 Å². The third kappa shape index (κ3) is 2.31. The highest BCUT2D eigenvalue weighted by Crippen LogP contribution is 2.15. The van der Waals surface area contributed by atoms with Crippen LogP contribution in [0.2, 0.25) is 0 Å². The second-order valence-corrected chi connectivity index (χ2v) is 5.18. The van der Waals surface area contributed by atoms with Crippen LogP contribution in [-0.4, -0.2) is 18.6 Å². The van der Waals surface area contributed by atoms with Gasteiger partial charge in [0.2, 0.25) is 5.13 Å². The fourth-order valence-corrected chi connectivity index (χ4v) is 2.71. The van der Waals surface area contributed by atoms with Crippen molar-refractivity contribution in [3.8, 4) is 0 Å². The summed E-state index contributed by atoms with van der Waals surface area (Å²) < 4.78 is 25.8. The lowest BCUT2D eigenvalue weighted by Gasteiger charge is -2.03. The Kier molecular flexibility index (Phi) is 2.65. The average Bonchev–Trinajstić information content (AvgIpc) is 2.71. The van der Waals surface area contributed by atoms with Crippen LogP contribution in [0.5, 0.6) is 0 Å². The van der Waals surface area contributed by atoms with Crippen molar-refractivity contribution in [1.29, 1.82) is 0 Å². The van der Waals surface area contributed by atoms with Gasteiger partial charge in [-0.15, -0.1) is 10.2 Å². The molecule has 15 heavy (non-hydrogen) atoms. The smallest absolute Gasteiger partial charge is 0.253 e. The molecule has 1 aromatic carbocycles. The number of hydrogen-bond acceptors (Lipinski definition) is 5. The molecule has 2 rings (SSSR count). The van der Waals surface area contributed by atoms with Crippen molar-refractivity contribution in [2.24, 2.45) is 0 Å². The molecule has 0 aliphatic carbocycles. The van der Waals surface area contributed by atoms with Gasteiger partial charge in [0, 0.05) is 0 Å². The summed E-state index contributed by atoms with van der Waals surface area (Å²) in [7, 11) is -3.53. The van der Waals surface area contributed by atoms with Crippen LogP contribution >= 0.6 is 11.3 Å². The van der Waals surface area contributed by atoms with E-state index in [1.54, 1.807) is 18.2 Å². The molecule has 0 aliphatic heterocycles. The Hall–Kier alpha value is -1.47. The van der Waals surface area contributed by atoms with Gasteiger partial charge in [-0.05, 0) is 12.1 Å². The molecule has 0 saturated heterocycles. The van der Waals surface area contributed by atoms with Crippen LogP contribution in [-0.2, 0) is 10.0 Å². The fraction of sp³-hybridized carbons (Fsp3) is 0. The molecular formula is C8H7N3O2S2. The van der Waals surface area contributed by atoms with Crippen molar-refractivity contribution < 1.29 is 8.42 Å². The van der Waals surface area contributed by atoms with E-state index in [9.17, 15) is 8.42 Å². The number of anilines is 1. The summed E-state index contributed by atoms with van der Waals surface area (Å²) in [5, 5.41) is 7.41. The molecule has 0 spiro atoms. The zero-order valence-electron chi connectivity index (χ0n) is 7.49. The minimum Gasteiger partial charge on any atom is -0.253 e. The number of benzene rings is 1. The van der Waals surface area contributed by atoms with Gasteiger partial charge in [-0.2, -0.15) is 0 Å². The monoisotopic (exact) mass is 241 g/mol. The molecule has 0 atom stereocenters. The van der Waals surface area contributed by atoms with E-state index in [1.807, 2.05) is 0 Å². The summed E-state index contributed by atoms with van der Waals surface area (Å²) in [5.74, 6) is 0. The van der Waals surface area contributed by atoms with Gasteiger partial charge < -0.3 is 0 Å². The highest BCUT2D eigenvalue weighted by Gasteiger charge is 2.14. The van der Waals surface area contributed by atoms with Crippen LogP contribution < -0.4 is 4.72 Å². The molecule has 0 aliphatic rings.